The molecule has 0 N–H and O–H groups in total. The summed E-state index contributed by atoms with van der Waals surface area (Å²) >= 11 is 0. The Morgan fingerprint density at radius 2 is 1.67 bits per heavy atom. The molecule has 2 heterocycles. The molecule has 1 saturated carbocycles. The molecule has 0 aromatic carbocycles. The zero-order valence-electron chi connectivity index (χ0n) is 13.7. The lowest BCUT2D eigenvalue weighted by atomic mass is 9.71. The van der Waals surface area contributed by atoms with Crippen molar-refractivity contribution in [1.82, 2.24) is 4.98 Å². The summed E-state index contributed by atoms with van der Waals surface area (Å²) in [5.74, 6) is 0.612. The second-order valence-electron chi connectivity index (χ2n) is 7.43. The predicted octanol–water partition coefficient (Wildman–Crippen LogP) is 3.43. The maximum absolute atomic E-state index is 6.23. The molecular weight excluding hydrogens is 261 g/mol. The Kier molecular flexibility index (Phi) is 3.87. The van der Waals surface area contributed by atoms with Crippen LogP contribution in [0, 0.1) is 0 Å². The van der Waals surface area contributed by atoms with Crippen molar-refractivity contribution in [1.29, 1.82) is 0 Å². The van der Waals surface area contributed by atoms with Crippen molar-refractivity contribution in [2.75, 3.05) is 0 Å². The van der Waals surface area contributed by atoms with Gasteiger partial charge < -0.3 is 9.31 Å². The van der Waals surface area contributed by atoms with Crippen molar-refractivity contribution < 1.29 is 9.31 Å². The minimum atomic E-state index is -0.287. The van der Waals surface area contributed by atoms with Crippen molar-refractivity contribution in [3.63, 3.8) is 0 Å². The van der Waals surface area contributed by atoms with Crippen molar-refractivity contribution in [2.24, 2.45) is 0 Å². The number of rotatable bonds is 2. The quantitative estimate of drug-likeness (QED) is 0.781. The number of hydrogen-bond acceptors (Lipinski definition) is 3. The molecule has 0 unspecified atom stereocenters. The summed E-state index contributed by atoms with van der Waals surface area (Å²) in [6.45, 7) is 8.42. The normalized spacial score (nSPS) is 25.2. The molecule has 0 atom stereocenters. The number of hydrogen-bond donors (Lipinski definition) is 0. The number of nitrogens with zero attached hydrogens (tertiary/aromatic N) is 1. The molecule has 1 aromatic heterocycles. The Balaban J connectivity index is 1.89. The third-order valence-corrected chi connectivity index (χ3v) is 5.44. The van der Waals surface area contributed by atoms with Crippen LogP contribution < -0.4 is 5.46 Å². The fourth-order valence-corrected chi connectivity index (χ4v) is 3.36. The Hall–Kier alpha value is -0.865. The van der Waals surface area contributed by atoms with Gasteiger partial charge in [0.05, 0.1) is 11.2 Å². The van der Waals surface area contributed by atoms with Gasteiger partial charge in [0.2, 0.25) is 0 Å². The lowest BCUT2D eigenvalue weighted by Gasteiger charge is -2.32. The molecule has 0 spiro atoms. The summed E-state index contributed by atoms with van der Waals surface area (Å²) in [5, 5.41) is 0. The van der Waals surface area contributed by atoms with E-state index in [1.165, 1.54) is 43.1 Å². The van der Waals surface area contributed by atoms with Gasteiger partial charge in [-0.15, -0.1) is 0 Å². The highest BCUT2D eigenvalue weighted by molar-refractivity contribution is 6.62. The zero-order chi connectivity index (χ0) is 15.1. The molecule has 1 aliphatic carbocycles. The number of aromatic nitrogens is 1. The van der Waals surface area contributed by atoms with Gasteiger partial charge in [-0.3, -0.25) is 4.98 Å². The third-order valence-electron chi connectivity index (χ3n) is 5.44. The fraction of sp³-hybridized carbons (Fsp3) is 0.706. The second-order valence-corrected chi connectivity index (χ2v) is 7.43. The predicted molar refractivity (Wildman–Crippen MR) is 85.8 cm³/mol. The van der Waals surface area contributed by atoms with Crippen molar-refractivity contribution in [3.05, 3.63) is 24.0 Å². The van der Waals surface area contributed by atoms with Crippen molar-refractivity contribution in [2.45, 2.75) is 76.9 Å². The molecule has 0 bridgehead atoms. The minimum absolute atomic E-state index is 0.269. The van der Waals surface area contributed by atoms with E-state index in [2.05, 4.69) is 38.7 Å². The smallest absolute Gasteiger partial charge is 0.399 e. The molecule has 114 valence electrons. The van der Waals surface area contributed by atoms with Gasteiger partial charge in [0, 0.05) is 12.4 Å². The first-order valence-electron chi connectivity index (χ1n) is 8.20. The standard InChI is InChI=1S/C17H26BNO2/c1-16(2)17(3,4)21-18(20-16)15-10-11-19-12-14(15)13-8-6-5-7-9-13/h10-13H,5-9H2,1-4H3. The molecule has 0 radical (unpaired) electrons. The average molecular weight is 287 g/mol. The summed E-state index contributed by atoms with van der Waals surface area (Å²) in [6, 6.07) is 2.08. The van der Waals surface area contributed by atoms with Crippen LogP contribution in [-0.2, 0) is 9.31 Å². The molecule has 3 rings (SSSR count). The minimum Gasteiger partial charge on any atom is -0.399 e. The van der Waals surface area contributed by atoms with E-state index in [9.17, 15) is 0 Å². The summed E-state index contributed by atoms with van der Waals surface area (Å²) < 4.78 is 12.5. The monoisotopic (exact) mass is 287 g/mol. The van der Waals surface area contributed by atoms with E-state index in [-0.39, 0.29) is 18.3 Å². The molecule has 4 heteroatoms. The average Bonchev–Trinajstić information content (AvgIpc) is 2.68. The van der Waals surface area contributed by atoms with E-state index in [1.807, 2.05) is 12.4 Å². The largest absolute Gasteiger partial charge is 0.495 e. The van der Waals surface area contributed by atoms with Gasteiger partial charge in [-0.2, -0.15) is 0 Å². The number of pyridine rings is 1. The van der Waals surface area contributed by atoms with Crippen LogP contribution in [-0.4, -0.2) is 23.3 Å². The van der Waals surface area contributed by atoms with E-state index >= 15 is 0 Å². The fourth-order valence-electron chi connectivity index (χ4n) is 3.36. The maximum Gasteiger partial charge on any atom is 0.495 e. The zero-order valence-corrected chi connectivity index (χ0v) is 13.7. The molecule has 3 nitrogen and oxygen atoms in total. The summed E-state index contributed by atoms with van der Waals surface area (Å²) in [4.78, 5) is 4.35. The van der Waals surface area contributed by atoms with Crippen molar-refractivity contribution in [3.8, 4) is 0 Å². The first-order chi connectivity index (χ1) is 9.91. The highest BCUT2D eigenvalue weighted by Gasteiger charge is 2.52. The van der Waals surface area contributed by atoms with E-state index in [4.69, 9.17) is 9.31 Å². The van der Waals surface area contributed by atoms with Gasteiger partial charge in [-0.1, -0.05) is 19.3 Å². The third kappa shape index (κ3) is 2.76. The van der Waals surface area contributed by atoms with Gasteiger partial charge >= 0.3 is 7.12 Å². The Labute approximate surface area is 128 Å². The van der Waals surface area contributed by atoms with Crippen LogP contribution in [0.1, 0.15) is 71.3 Å². The lowest BCUT2D eigenvalue weighted by Crippen LogP contribution is -2.41. The van der Waals surface area contributed by atoms with Crippen LogP contribution in [0.3, 0.4) is 0 Å². The van der Waals surface area contributed by atoms with Gasteiger partial charge in [-0.05, 0) is 63.5 Å². The molecule has 1 aromatic rings. The first kappa shape index (κ1) is 15.0. The van der Waals surface area contributed by atoms with Gasteiger partial charge in [0.15, 0.2) is 0 Å². The van der Waals surface area contributed by atoms with Crippen LogP contribution in [0.15, 0.2) is 18.5 Å². The van der Waals surface area contributed by atoms with Crippen LogP contribution in [0.25, 0.3) is 0 Å². The van der Waals surface area contributed by atoms with E-state index in [0.29, 0.717) is 5.92 Å². The maximum atomic E-state index is 6.23. The highest BCUT2D eigenvalue weighted by atomic mass is 16.7. The Morgan fingerprint density at radius 3 is 2.29 bits per heavy atom. The summed E-state index contributed by atoms with van der Waals surface area (Å²) in [6.07, 6.45) is 10.4. The highest BCUT2D eigenvalue weighted by Crippen LogP contribution is 2.38. The molecule has 2 fully saturated rings. The van der Waals surface area contributed by atoms with Crippen LogP contribution in [0.5, 0.6) is 0 Å². The Morgan fingerprint density at radius 1 is 1.05 bits per heavy atom. The van der Waals surface area contributed by atoms with Gasteiger partial charge in [0.1, 0.15) is 0 Å². The SMILES string of the molecule is CC1(C)OB(c2ccncc2C2CCCCC2)OC1(C)C. The van der Waals surface area contributed by atoms with Gasteiger partial charge in [0.25, 0.3) is 0 Å². The van der Waals surface area contributed by atoms with Crippen LogP contribution in [0.2, 0.25) is 0 Å². The molecule has 21 heavy (non-hydrogen) atoms. The molecule has 2 aliphatic rings. The van der Waals surface area contributed by atoms with Crippen LogP contribution in [0.4, 0.5) is 0 Å². The first-order valence-corrected chi connectivity index (χ1v) is 8.20. The van der Waals surface area contributed by atoms with Crippen molar-refractivity contribution >= 4 is 12.6 Å². The molecule has 0 amide bonds. The molecular formula is C17H26BNO2. The van der Waals surface area contributed by atoms with Crippen LogP contribution >= 0.6 is 0 Å². The van der Waals surface area contributed by atoms with E-state index < -0.39 is 0 Å². The van der Waals surface area contributed by atoms with E-state index in [1.54, 1.807) is 0 Å². The second kappa shape index (κ2) is 5.40. The summed E-state index contributed by atoms with van der Waals surface area (Å²) in [7, 11) is -0.269. The topological polar surface area (TPSA) is 31.4 Å². The summed E-state index contributed by atoms with van der Waals surface area (Å²) in [5.41, 5.74) is 1.93. The lowest BCUT2D eigenvalue weighted by molar-refractivity contribution is 0.00578. The van der Waals surface area contributed by atoms with Gasteiger partial charge in [-0.25, -0.2) is 0 Å². The van der Waals surface area contributed by atoms with E-state index in [0.717, 1.165) is 0 Å². The Bertz CT molecular complexity index is 493. The molecule has 1 aliphatic heterocycles. The molecule has 1 saturated heterocycles.